The topological polar surface area (TPSA) is 55.7 Å². The van der Waals surface area contributed by atoms with Gasteiger partial charge in [-0.25, -0.2) is 0 Å². The molecule has 0 unspecified atom stereocenters. The third-order valence-electron chi connectivity index (χ3n) is 1.13. The summed E-state index contributed by atoms with van der Waals surface area (Å²) in [6, 6.07) is 5.91. The van der Waals surface area contributed by atoms with Crippen molar-refractivity contribution in [2.75, 3.05) is 6.38 Å². The number of carbonyl (C=O) groups excluding carboxylic acids is 1. The predicted octanol–water partition coefficient (Wildman–Crippen LogP) is 2.47. The maximum atomic E-state index is 9.92. The second kappa shape index (κ2) is 7.24. The minimum absolute atomic E-state index is 0.309. The monoisotopic (exact) mass is 201 g/mol. The van der Waals surface area contributed by atoms with Gasteiger partial charge in [0.15, 0.2) is 0 Å². The van der Waals surface area contributed by atoms with Crippen molar-refractivity contribution in [2.45, 2.75) is 0 Å². The van der Waals surface area contributed by atoms with Gasteiger partial charge in [0.1, 0.15) is 11.4 Å². The third kappa shape index (κ3) is 4.22. The molecule has 13 heavy (non-hydrogen) atoms. The van der Waals surface area contributed by atoms with Crippen LogP contribution in [-0.4, -0.2) is 12.9 Å². The summed E-state index contributed by atoms with van der Waals surface area (Å²) in [5.74, 6) is 0.396. The third-order valence-corrected chi connectivity index (χ3v) is 1.13. The normalized spacial score (nSPS) is 7.85. The van der Waals surface area contributed by atoms with E-state index in [0.717, 1.165) is 0 Å². The van der Waals surface area contributed by atoms with E-state index in [2.05, 4.69) is 21.5 Å². The first-order valence-corrected chi connectivity index (χ1v) is 4.04. The Kier molecular flexibility index (Phi) is 6.45. The molecule has 0 radical (unpaired) electrons. The molecule has 0 bridgehead atoms. The van der Waals surface area contributed by atoms with E-state index in [0.29, 0.717) is 17.9 Å². The molecule has 1 rings (SSSR count). The molecule has 0 aliphatic carbocycles. The van der Waals surface area contributed by atoms with Gasteiger partial charge in [-0.3, -0.25) is 4.79 Å². The largest absolute Gasteiger partial charge is 0.429 e. The second-order valence-corrected chi connectivity index (χ2v) is 1.80. The van der Waals surface area contributed by atoms with E-state index < -0.39 is 0 Å². The summed E-state index contributed by atoms with van der Waals surface area (Å²) in [7, 11) is 0. The summed E-state index contributed by atoms with van der Waals surface area (Å²) in [4.78, 5) is 19.7. The van der Waals surface area contributed by atoms with Gasteiger partial charge in [0.25, 0.3) is 6.47 Å². The Balaban J connectivity index is 0.000000671. The number of hydrogen-bond donors (Lipinski definition) is 0. The molecule has 5 heteroatoms. The van der Waals surface area contributed by atoms with Crippen molar-refractivity contribution in [3.05, 3.63) is 29.2 Å². The SMILES string of the molecule is CCl.O=COc1ccc(N=O)cc1. The van der Waals surface area contributed by atoms with Crippen molar-refractivity contribution in [2.24, 2.45) is 5.18 Å². The van der Waals surface area contributed by atoms with Crippen molar-refractivity contribution < 1.29 is 9.53 Å². The summed E-state index contributed by atoms with van der Waals surface area (Å²) >= 11 is 4.64. The van der Waals surface area contributed by atoms with Crippen LogP contribution in [0, 0.1) is 4.91 Å². The average molecular weight is 202 g/mol. The highest BCUT2D eigenvalue weighted by Crippen LogP contribution is 2.16. The number of alkyl halides is 1. The fraction of sp³-hybridized carbons (Fsp3) is 0.125. The summed E-state index contributed by atoms with van der Waals surface area (Å²) in [6.45, 7) is 0.323. The van der Waals surface area contributed by atoms with E-state index in [1.807, 2.05) is 0 Å². The maximum Gasteiger partial charge on any atom is 0.298 e. The highest BCUT2D eigenvalue weighted by molar-refractivity contribution is 6.15. The molecular formula is C8H8ClNO3. The van der Waals surface area contributed by atoms with Crippen LogP contribution in [0.1, 0.15) is 0 Å². The second-order valence-electron chi connectivity index (χ2n) is 1.80. The fourth-order valence-electron chi connectivity index (χ4n) is 0.641. The van der Waals surface area contributed by atoms with Crippen LogP contribution in [0.5, 0.6) is 5.75 Å². The van der Waals surface area contributed by atoms with Crippen molar-refractivity contribution in [3.63, 3.8) is 0 Å². The summed E-state index contributed by atoms with van der Waals surface area (Å²) in [5.41, 5.74) is 0.309. The van der Waals surface area contributed by atoms with Crippen LogP contribution in [0.15, 0.2) is 29.4 Å². The van der Waals surface area contributed by atoms with Gasteiger partial charge in [-0.1, -0.05) is 0 Å². The first kappa shape index (κ1) is 11.6. The van der Waals surface area contributed by atoms with E-state index in [4.69, 9.17) is 0 Å². The van der Waals surface area contributed by atoms with E-state index in [1.165, 1.54) is 30.6 Å². The van der Waals surface area contributed by atoms with E-state index in [9.17, 15) is 9.70 Å². The van der Waals surface area contributed by atoms with Crippen LogP contribution < -0.4 is 4.74 Å². The van der Waals surface area contributed by atoms with Crippen LogP contribution in [0.25, 0.3) is 0 Å². The Morgan fingerprint density at radius 3 is 2.23 bits per heavy atom. The van der Waals surface area contributed by atoms with Gasteiger partial charge in [-0.2, -0.15) is 0 Å². The standard InChI is InChI=1S/C7H5NO3.CH3Cl/c9-5-11-7-3-1-6(8-10)2-4-7;1-2/h1-5H;1H3. The lowest BCUT2D eigenvalue weighted by molar-refractivity contribution is -0.120. The van der Waals surface area contributed by atoms with Crippen LogP contribution >= 0.6 is 11.6 Å². The summed E-state index contributed by atoms with van der Waals surface area (Å²) in [6.07, 6.45) is 1.47. The fourth-order valence-corrected chi connectivity index (χ4v) is 0.641. The lowest BCUT2D eigenvalue weighted by Crippen LogP contribution is -1.86. The number of hydrogen-bond acceptors (Lipinski definition) is 4. The number of rotatable bonds is 3. The van der Waals surface area contributed by atoms with E-state index >= 15 is 0 Å². The number of carbonyl (C=O) groups is 1. The molecule has 0 aliphatic heterocycles. The van der Waals surface area contributed by atoms with Gasteiger partial charge >= 0.3 is 0 Å². The zero-order valence-electron chi connectivity index (χ0n) is 6.94. The number of nitroso groups, excluding NO2 is 1. The summed E-state index contributed by atoms with van der Waals surface area (Å²) < 4.78 is 4.48. The molecule has 0 aromatic heterocycles. The molecule has 0 saturated carbocycles. The van der Waals surface area contributed by atoms with Crippen LogP contribution in [0.3, 0.4) is 0 Å². The van der Waals surface area contributed by atoms with Crippen molar-refractivity contribution in [1.29, 1.82) is 0 Å². The maximum absolute atomic E-state index is 9.92. The number of nitrogens with zero attached hydrogens (tertiary/aromatic N) is 1. The average Bonchev–Trinajstić information content (AvgIpc) is 2.23. The molecule has 4 nitrogen and oxygen atoms in total. The van der Waals surface area contributed by atoms with Crippen LogP contribution in [0.2, 0.25) is 0 Å². The molecular weight excluding hydrogens is 194 g/mol. The van der Waals surface area contributed by atoms with Gasteiger partial charge < -0.3 is 4.74 Å². The Morgan fingerprint density at radius 2 is 1.85 bits per heavy atom. The Hall–Kier alpha value is -1.42. The smallest absolute Gasteiger partial charge is 0.298 e. The van der Waals surface area contributed by atoms with E-state index in [1.54, 1.807) is 0 Å². The van der Waals surface area contributed by atoms with Crippen LogP contribution in [0.4, 0.5) is 5.69 Å². The quantitative estimate of drug-likeness (QED) is 0.429. The van der Waals surface area contributed by atoms with Gasteiger partial charge in [0.2, 0.25) is 0 Å². The molecule has 0 aliphatic rings. The minimum Gasteiger partial charge on any atom is -0.429 e. The molecule has 70 valence electrons. The van der Waals surface area contributed by atoms with Crippen molar-refractivity contribution in [1.82, 2.24) is 0 Å². The van der Waals surface area contributed by atoms with Crippen molar-refractivity contribution in [3.8, 4) is 5.75 Å². The minimum atomic E-state index is 0.309. The molecule has 0 heterocycles. The number of ether oxygens (including phenoxy) is 1. The Labute approximate surface area is 80.4 Å². The first-order chi connectivity index (χ1) is 6.36. The Morgan fingerprint density at radius 1 is 1.31 bits per heavy atom. The van der Waals surface area contributed by atoms with Gasteiger partial charge in [-0.05, 0) is 29.4 Å². The molecule has 0 amide bonds. The van der Waals surface area contributed by atoms with E-state index in [-0.39, 0.29) is 0 Å². The van der Waals surface area contributed by atoms with Gasteiger partial charge in [-0.15, -0.1) is 16.5 Å². The zero-order valence-corrected chi connectivity index (χ0v) is 7.69. The Bertz CT molecular complexity index is 261. The lowest BCUT2D eigenvalue weighted by atomic mass is 10.3. The molecule has 0 spiro atoms. The van der Waals surface area contributed by atoms with Crippen molar-refractivity contribution >= 4 is 23.8 Å². The molecule has 0 atom stereocenters. The van der Waals surface area contributed by atoms with Gasteiger partial charge in [0, 0.05) is 6.38 Å². The molecule has 1 aromatic carbocycles. The predicted molar refractivity (Wildman–Crippen MR) is 50.4 cm³/mol. The summed E-state index contributed by atoms with van der Waals surface area (Å²) in [5, 5.41) is 2.68. The highest BCUT2D eigenvalue weighted by Gasteiger charge is 1.92. The molecule has 0 fully saturated rings. The lowest BCUT2D eigenvalue weighted by Gasteiger charge is -1.94. The first-order valence-electron chi connectivity index (χ1n) is 3.28. The van der Waals surface area contributed by atoms with Crippen LogP contribution in [-0.2, 0) is 4.79 Å². The molecule has 0 N–H and O–H groups in total. The molecule has 0 saturated heterocycles. The van der Waals surface area contributed by atoms with Gasteiger partial charge in [0.05, 0.1) is 0 Å². The number of halogens is 1. The number of benzene rings is 1. The molecule has 1 aromatic rings. The zero-order chi connectivity index (χ0) is 10.1. The highest BCUT2D eigenvalue weighted by atomic mass is 35.5.